The van der Waals surface area contributed by atoms with Crippen LogP contribution in [0.2, 0.25) is 0 Å². The van der Waals surface area contributed by atoms with Crippen molar-refractivity contribution in [1.29, 1.82) is 0 Å². The minimum atomic E-state index is 0.566. The van der Waals surface area contributed by atoms with Gasteiger partial charge in [-0.25, -0.2) is 0 Å². The second kappa shape index (κ2) is 8.56. The highest BCUT2D eigenvalue weighted by atomic mass is 32.2. The average Bonchev–Trinajstić information content (AvgIpc) is 2.35. The van der Waals surface area contributed by atoms with Crippen molar-refractivity contribution in [2.45, 2.75) is 30.7 Å². The van der Waals surface area contributed by atoms with E-state index in [-0.39, 0.29) is 0 Å². The number of hydrogen-bond donors (Lipinski definition) is 1. The van der Waals surface area contributed by atoms with E-state index in [1.54, 1.807) is 7.11 Å². The van der Waals surface area contributed by atoms with Gasteiger partial charge in [0.2, 0.25) is 0 Å². The van der Waals surface area contributed by atoms with Gasteiger partial charge in [-0.05, 0) is 38.9 Å². The molecule has 1 aromatic carbocycles. The van der Waals surface area contributed by atoms with Crippen LogP contribution in [0.1, 0.15) is 18.4 Å². The Morgan fingerprint density at radius 3 is 2.59 bits per heavy atom. The summed E-state index contributed by atoms with van der Waals surface area (Å²) in [6.45, 7) is 2.98. The van der Waals surface area contributed by atoms with Gasteiger partial charge in [-0.15, -0.1) is 11.8 Å². The molecular formula is C14H23NOS. The molecule has 0 aliphatic carbocycles. The van der Waals surface area contributed by atoms with Crippen molar-refractivity contribution in [3.05, 3.63) is 29.8 Å². The summed E-state index contributed by atoms with van der Waals surface area (Å²) >= 11 is 1.92. The Bertz CT molecular complexity index is 300. The normalized spacial score (nSPS) is 12.6. The zero-order chi connectivity index (χ0) is 12.5. The molecule has 1 unspecified atom stereocenters. The molecule has 1 rings (SSSR count). The minimum absolute atomic E-state index is 0.566. The van der Waals surface area contributed by atoms with Crippen LogP contribution in [0.25, 0.3) is 0 Å². The van der Waals surface area contributed by atoms with Crippen LogP contribution >= 0.6 is 11.8 Å². The third-order valence-electron chi connectivity index (χ3n) is 2.78. The largest absolute Gasteiger partial charge is 0.385 e. The Morgan fingerprint density at radius 1 is 1.29 bits per heavy atom. The topological polar surface area (TPSA) is 21.3 Å². The predicted molar refractivity (Wildman–Crippen MR) is 75.9 cm³/mol. The van der Waals surface area contributed by atoms with E-state index in [1.807, 2.05) is 18.8 Å². The Hall–Kier alpha value is -0.510. The third kappa shape index (κ3) is 6.10. The highest BCUT2D eigenvalue weighted by molar-refractivity contribution is 7.99. The van der Waals surface area contributed by atoms with Crippen LogP contribution in [0, 0.1) is 6.92 Å². The first-order valence-corrected chi connectivity index (χ1v) is 7.10. The van der Waals surface area contributed by atoms with E-state index in [1.165, 1.54) is 16.9 Å². The summed E-state index contributed by atoms with van der Waals surface area (Å²) in [6.07, 6.45) is 2.29. The van der Waals surface area contributed by atoms with E-state index in [2.05, 4.69) is 36.5 Å². The molecule has 0 saturated carbocycles. The van der Waals surface area contributed by atoms with E-state index >= 15 is 0 Å². The molecule has 0 aromatic heterocycles. The molecule has 0 aliphatic rings. The standard InChI is InChI=1S/C14H23NOS/c1-12-6-8-14(9-7-12)17-11-13(15-2)5-4-10-16-3/h6-9,13,15H,4-5,10-11H2,1-3H3. The molecule has 0 spiro atoms. The number of benzene rings is 1. The minimum Gasteiger partial charge on any atom is -0.385 e. The number of rotatable bonds is 8. The van der Waals surface area contributed by atoms with Crippen molar-refractivity contribution in [3.63, 3.8) is 0 Å². The molecule has 17 heavy (non-hydrogen) atoms. The van der Waals surface area contributed by atoms with Gasteiger partial charge in [0, 0.05) is 30.4 Å². The van der Waals surface area contributed by atoms with Gasteiger partial charge in [0.1, 0.15) is 0 Å². The van der Waals surface area contributed by atoms with Gasteiger partial charge >= 0.3 is 0 Å². The number of ether oxygens (including phenoxy) is 1. The number of aryl methyl sites for hydroxylation is 1. The van der Waals surface area contributed by atoms with Crippen LogP contribution in [-0.2, 0) is 4.74 Å². The summed E-state index contributed by atoms with van der Waals surface area (Å²) < 4.78 is 5.08. The van der Waals surface area contributed by atoms with Crippen molar-refractivity contribution in [3.8, 4) is 0 Å². The number of thioether (sulfide) groups is 1. The maximum absolute atomic E-state index is 5.08. The van der Waals surface area contributed by atoms with Gasteiger partial charge < -0.3 is 10.1 Å². The Labute approximate surface area is 109 Å². The molecule has 0 bridgehead atoms. The van der Waals surface area contributed by atoms with Crippen LogP contribution in [-0.4, -0.2) is 32.6 Å². The molecule has 0 amide bonds. The fraction of sp³-hybridized carbons (Fsp3) is 0.571. The van der Waals surface area contributed by atoms with Crippen molar-refractivity contribution < 1.29 is 4.74 Å². The number of methoxy groups -OCH3 is 1. The summed E-state index contributed by atoms with van der Waals surface area (Å²) in [6, 6.07) is 9.30. The number of nitrogens with one attached hydrogen (secondary N) is 1. The molecule has 1 N–H and O–H groups in total. The lowest BCUT2D eigenvalue weighted by Gasteiger charge is -2.15. The Kier molecular flexibility index (Phi) is 7.33. The second-order valence-electron chi connectivity index (χ2n) is 4.24. The van der Waals surface area contributed by atoms with Crippen LogP contribution in [0.15, 0.2) is 29.2 Å². The van der Waals surface area contributed by atoms with Crippen molar-refractivity contribution in [1.82, 2.24) is 5.32 Å². The van der Waals surface area contributed by atoms with Gasteiger partial charge in [0.25, 0.3) is 0 Å². The molecule has 2 nitrogen and oxygen atoms in total. The molecule has 3 heteroatoms. The predicted octanol–water partition coefficient (Wildman–Crippen LogP) is 3.10. The molecule has 0 aliphatic heterocycles. The van der Waals surface area contributed by atoms with Gasteiger partial charge in [0.05, 0.1) is 0 Å². The Morgan fingerprint density at radius 2 is 2.00 bits per heavy atom. The van der Waals surface area contributed by atoms with E-state index in [0.29, 0.717) is 6.04 Å². The average molecular weight is 253 g/mol. The third-order valence-corrected chi connectivity index (χ3v) is 3.96. The summed E-state index contributed by atoms with van der Waals surface area (Å²) in [4.78, 5) is 1.35. The monoisotopic (exact) mass is 253 g/mol. The molecule has 0 saturated heterocycles. The maximum Gasteiger partial charge on any atom is 0.0462 e. The molecule has 0 heterocycles. The first-order chi connectivity index (χ1) is 8.26. The van der Waals surface area contributed by atoms with Crippen LogP contribution in [0.4, 0.5) is 0 Å². The van der Waals surface area contributed by atoms with E-state index in [0.717, 1.165) is 18.8 Å². The molecule has 1 aromatic rings. The van der Waals surface area contributed by atoms with Crippen molar-refractivity contribution >= 4 is 11.8 Å². The van der Waals surface area contributed by atoms with E-state index in [9.17, 15) is 0 Å². The van der Waals surface area contributed by atoms with Gasteiger partial charge in [0.15, 0.2) is 0 Å². The van der Waals surface area contributed by atoms with Gasteiger partial charge in [-0.3, -0.25) is 0 Å². The zero-order valence-electron chi connectivity index (χ0n) is 11.0. The lowest BCUT2D eigenvalue weighted by Crippen LogP contribution is -2.27. The number of hydrogen-bond acceptors (Lipinski definition) is 3. The molecule has 1 atom stereocenters. The lowest BCUT2D eigenvalue weighted by atomic mass is 10.2. The Balaban J connectivity index is 2.29. The molecule has 0 radical (unpaired) electrons. The van der Waals surface area contributed by atoms with Crippen molar-refractivity contribution in [2.24, 2.45) is 0 Å². The summed E-state index contributed by atoms with van der Waals surface area (Å²) in [5.74, 6) is 1.11. The smallest absolute Gasteiger partial charge is 0.0462 e. The first-order valence-electron chi connectivity index (χ1n) is 6.12. The van der Waals surface area contributed by atoms with Crippen molar-refractivity contribution in [2.75, 3.05) is 26.5 Å². The summed E-state index contributed by atoms with van der Waals surface area (Å²) in [5, 5.41) is 3.37. The van der Waals surface area contributed by atoms with Crippen LogP contribution in [0.5, 0.6) is 0 Å². The molecule has 0 fully saturated rings. The van der Waals surface area contributed by atoms with Crippen LogP contribution in [0.3, 0.4) is 0 Å². The summed E-state index contributed by atoms with van der Waals surface area (Å²) in [7, 11) is 3.79. The summed E-state index contributed by atoms with van der Waals surface area (Å²) in [5.41, 5.74) is 1.32. The molecule has 96 valence electrons. The maximum atomic E-state index is 5.08. The van der Waals surface area contributed by atoms with E-state index in [4.69, 9.17) is 4.74 Å². The fourth-order valence-corrected chi connectivity index (χ4v) is 2.67. The highest BCUT2D eigenvalue weighted by Crippen LogP contribution is 2.20. The van der Waals surface area contributed by atoms with Gasteiger partial charge in [-0.1, -0.05) is 17.7 Å². The fourth-order valence-electron chi connectivity index (χ4n) is 1.62. The quantitative estimate of drug-likeness (QED) is 0.568. The van der Waals surface area contributed by atoms with E-state index < -0.39 is 0 Å². The molecular weight excluding hydrogens is 230 g/mol. The second-order valence-corrected chi connectivity index (χ2v) is 5.34. The first kappa shape index (κ1) is 14.6. The SMILES string of the molecule is CNC(CCCOC)CSc1ccc(C)cc1. The lowest BCUT2D eigenvalue weighted by molar-refractivity contribution is 0.190. The zero-order valence-corrected chi connectivity index (χ0v) is 11.8. The van der Waals surface area contributed by atoms with Gasteiger partial charge in [-0.2, -0.15) is 0 Å². The van der Waals surface area contributed by atoms with Crippen LogP contribution < -0.4 is 5.32 Å². The highest BCUT2D eigenvalue weighted by Gasteiger charge is 2.06.